The zero-order chi connectivity index (χ0) is 65.0. The molecule has 0 spiro atoms. The van der Waals surface area contributed by atoms with Crippen molar-refractivity contribution in [1.29, 1.82) is 0 Å². The predicted molar refractivity (Wildman–Crippen MR) is 354 cm³/mol. The monoisotopic (exact) mass is 1300 g/mol. The number of esters is 4. The first-order chi connectivity index (χ1) is 42.4. The molecule has 5 atom stereocenters. The molecule has 0 rings (SSSR count). The second kappa shape index (κ2) is 61.3. The van der Waals surface area contributed by atoms with Crippen LogP contribution in [0.2, 0.25) is 0 Å². The largest absolute Gasteiger partial charge is 0.472 e. The molecule has 0 amide bonds. The summed E-state index contributed by atoms with van der Waals surface area (Å²) in [5.41, 5.74) is 0. The van der Waals surface area contributed by atoms with Crippen LogP contribution in [0.4, 0.5) is 0 Å². The summed E-state index contributed by atoms with van der Waals surface area (Å²) in [6, 6.07) is 0. The molecular weight excluding hydrogens is 1160 g/mol. The molecule has 0 aliphatic carbocycles. The van der Waals surface area contributed by atoms with Gasteiger partial charge in [0.05, 0.1) is 26.4 Å². The van der Waals surface area contributed by atoms with Gasteiger partial charge in [-0.25, -0.2) is 9.13 Å². The standard InChI is InChI=1S/C69H134O17P2/c1-7-9-11-13-14-15-16-17-18-19-20-21-22-23-28-31-34-41-47-53-68(73)85-65(58-80-67(72)52-46-40-33-30-27-25-24-26-29-32-38-43-49-61(3)4)60-84-88(77,78)82-56-63(70)55-81-87(75,76)83-59-64(57-79-66(71)51-45-37-12-10-8-2)86-69(74)54-48-42-36-35-39-44-50-62(5)6/h61-65,70H,7-60H2,1-6H3,(H,75,76)(H,77,78)/t63-,64+,65+/m0/s1. The number of phosphoric acid groups is 2. The molecule has 17 nitrogen and oxygen atoms in total. The summed E-state index contributed by atoms with van der Waals surface area (Å²) < 4.78 is 68.0. The van der Waals surface area contributed by atoms with Crippen molar-refractivity contribution in [2.45, 2.75) is 368 Å². The van der Waals surface area contributed by atoms with E-state index in [0.29, 0.717) is 31.6 Å². The van der Waals surface area contributed by atoms with Crippen molar-refractivity contribution >= 4 is 39.5 Å². The first-order valence-electron chi connectivity index (χ1n) is 36.0. The van der Waals surface area contributed by atoms with Crippen molar-refractivity contribution in [3.05, 3.63) is 0 Å². The van der Waals surface area contributed by atoms with E-state index in [1.54, 1.807) is 0 Å². The quantitative estimate of drug-likeness (QED) is 0.0222. The van der Waals surface area contributed by atoms with Gasteiger partial charge in [0.2, 0.25) is 0 Å². The van der Waals surface area contributed by atoms with Crippen LogP contribution in [0.25, 0.3) is 0 Å². The molecule has 0 aromatic heterocycles. The number of ether oxygens (including phenoxy) is 4. The van der Waals surface area contributed by atoms with Crippen LogP contribution in [-0.2, 0) is 65.4 Å². The van der Waals surface area contributed by atoms with Crippen LogP contribution in [-0.4, -0.2) is 96.7 Å². The van der Waals surface area contributed by atoms with Crippen molar-refractivity contribution in [2.75, 3.05) is 39.6 Å². The second-order valence-corrected chi connectivity index (χ2v) is 28.8. The minimum Gasteiger partial charge on any atom is -0.462 e. The van der Waals surface area contributed by atoms with Gasteiger partial charge in [0.15, 0.2) is 12.2 Å². The van der Waals surface area contributed by atoms with Gasteiger partial charge in [-0.05, 0) is 37.5 Å². The Morgan fingerprint density at radius 3 is 0.773 bits per heavy atom. The van der Waals surface area contributed by atoms with Gasteiger partial charge in [-0.2, -0.15) is 0 Å². The maximum Gasteiger partial charge on any atom is 0.472 e. The lowest BCUT2D eigenvalue weighted by Gasteiger charge is -2.21. The van der Waals surface area contributed by atoms with E-state index in [9.17, 15) is 43.2 Å². The second-order valence-electron chi connectivity index (χ2n) is 25.9. The minimum atomic E-state index is -4.95. The Morgan fingerprint density at radius 2 is 0.523 bits per heavy atom. The Morgan fingerprint density at radius 1 is 0.307 bits per heavy atom. The number of aliphatic hydroxyl groups excluding tert-OH is 1. The number of carbonyl (C=O) groups is 4. The molecule has 0 aromatic carbocycles. The average Bonchev–Trinajstić information content (AvgIpc) is 3.57. The Labute approximate surface area is 537 Å². The van der Waals surface area contributed by atoms with E-state index in [0.717, 1.165) is 102 Å². The fraction of sp³-hybridized carbons (Fsp3) is 0.942. The molecular formula is C69H134O17P2. The smallest absolute Gasteiger partial charge is 0.462 e. The molecule has 522 valence electrons. The van der Waals surface area contributed by atoms with E-state index >= 15 is 0 Å². The Bertz CT molecular complexity index is 1720. The molecule has 0 aliphatic rings. The summed E-state index contributed by atoms with van der Waals surface area (Å²) in [6.07, 6.45) is 46.5. The zero-order valence-electron chi connectivity index (χ0n) is 57.0. The Balaban J connectivity index is 5.13. The van der Waals surface area contributed by atoms with Crippen molar-refractivity contribution in [1.82, 2.24) is 0 Å². The third kappa shape index (κ3) is 62.8. The van der Waals surface area contributed by atoms with E-state index in [4.69, 9.17) is 37.0 Å². The van der Waals surface area contributed by atoms with Crippen LogP contribution < -0.4 is 0 Å². The summed E-state index contributed by atoms with van der Waals surface area (Å²) in [6.45, 7) is 9.37. The Hall–Kier alpha value is -1.94. The van der Waals surface area contributed by atoms with Gasteiger partial charge in [-0.3, -0.25) is 37.3 Å². The fourth-order valence-electron chi connectivity index (χ4n) is 10.4. The number of carbonyl (C=O) groups excluding carboxylic acids is 4. The normalized spacial score (nSPS) is 14.2. The molecule has 0 fully saturated rings. The molecule has 0 radical (unpaired) electrons. The summed E-state index contributed by atoms with van der Waals surface area (Å²) in [7, 11) is -9.89. The first-order valence-corrected chi connectivity index (χ1v) is 39.0. The zero-order valence-corrected chi connectivity index (χ0v) is 58.8. The maximum absolute atomic E-state index is 13.0. The molecule has 0 heterocycles. The first kappa shape index (κ1) is 86.1. The molecule has 0 aliphatic heterocycles. The van der Waals surface area contributed by atoms with Crippen LogP contribution in [0.1, 0.15) is 350 Å². The third-order valence-electron chi connectivity index (χ3n) is 16.0. The van der Waals surface area contributed by atoms with Gasteiger partial charge in [-0.1, -0.05) is 298 Å². The van der Waals surface area contributed by atoms with Crippen LogP contribution >= 0.6 is 15.6 Å². The molecule has 0 saturated carbocycles. The van der Waals surface area contributed by atoms with E-state index in [1.165, 1.54) is 161 Å². The van der Waals surface area contributed by atoms with Gasteiger partial charge in [0.25, 0.3) is 0 Å². The molecule has 0 bridgehead atoms. The fourth-order valence-corrected chi connectivity index (χ4v) is 12.0. The van der Waals surface area contributed by atoms with Gasteiger partial charge >= 0.3 is 39.5 Å². The summed E-state index contributed by atoms with van der Waals surface area (Å²) in [5, 5.41) is 10.5. The van der Waals surface area contributed by atoms with E-state index in [1.807, 2.05) is 0 Å². The molecule has 19 heteroatoms. The summed E-state index contributed by atoms with van der Waals surface area (Å²) >= 11 is 0. The lowest BCUT2D eigenvalue weighted by molar-refractivity contribution is -0.161. The van der Waals surface area contributed by atoms with E-state index in [2.05, 4.69) is 41.5 Å². The number of aliphatic hydroxyl groups is 1. The highest BCUT2D eigenvalue weighted by atomic mass is 31.2. The lowest BCUT2D eigenvalue weighted by Crippen LogP contribution is -2.30. The van der Waals surface area contributed by atoms with Crippen LogP contribution in [0, 0.1) is 11.8 Å². The number of unbranched alkanes of at least 4 members (excludes halogenated alkanes) is 38. The summed E-state index contributed by atoms with van der Waals surface area (Å²) in [4.78, 5) is 72.1. The number of rotatable bonds is 68. The highest BCUT2D eigenvalue weighted by molar-refractivity contribution is 7.47. The van der Waals surface area contributed by atoms with Crippen LogP contribution in [0.5, 0.6) is 0 Å². The highest BCUT2D eigenvalue weighted by Crippen LogP contribution is 2.45. The summed E-state index contributed by atoms with van der Waals surface area (Å²) in [5.74, 6) is -0.690. The van der Waals surface area contributed by atoms with Crippen molar-refractivity contribution in [3.8, 4) is 0 Å². The van der Waals surface area contributed by atoms with Crippen molar-refractivity contribution in [3.63, 3.8) is 0 Å². The number of hydrogen-bond donors (Lipinski definition) is 3. The van der Waals surface area contributed by atoms with Gasteiger partial charge in [0, 0.05) is 25.7 Å². The molecule has 2 unspecified atom stereocenters. The van der Waals surface area contributed by atoms with Crippen molar-refractivity contribution in [2.24, 2.45) is 11.8 Å². The predicted octanol–water partition coefficient (Wildman–Crippen LogP) is 19.6. The lowest BCUT2D eigenvalue weighted by atomic mass is 10.0. The van der Waals surface area contributed by atoms with Gasteiger partial charge in [0.1, 0.15) is 19.3 Å². The Kier molecular flexibility index (Phi) is 59.9. The average molecular weight is 1300 g/mol. The van der Waals surface area contributed by atoms with E-state index in [-0.39, 0.29) is 25.7 Å². The molecule has 88 heavy (non-hydrogen) atoms. The number of hydrogen-bond acceptors (Lipinski definition) is 15. The van der Waals surface area contributed by atoms with Gasteiger partial charge < -0.3 is 33.8 Å². The van der Waals surface area contributed by atoms with Crippen LogP contribution in [0.15, 0.2) is 0 Å². The highest BCUT2D eigenvalue weighted by Gasteiger charge is 2.30. The van der Waals surface area contributed by atoms with Crippen molar-refractivity contribution < 1.29 is 80.2 Å². The maximum atomic E-state index is 13.0. The molecule has 3 N–H and O–H groups in total. The van der Waals surface area contributed by atoms with E-state index < -0.39 is 97.5 Å². The molecule has 0 aromatic rings. The number of phosphoric ester groups is 2. The van der Waals surface area contributed by atoms with Crippen LogP contribution in [0.3, 0.4) is 0 Å². The molecule has 0 saturated heterocycles. The third-order valence-corrected chi connectivity index (χ3v) is 17.9. The minimum absolute atomic E-state index is 0.101. The SMILES string of the molecule is CCCCCCCCCCCCCCCCCCCCCC(=O)O[C@H](COC(=O)CCCCCCCCCCCCCCC(C)C)COP(=O)(O)OC[C@@H](O)COP(=O)(O)OC[C@@H](COC(=O)CCCCCCC)OC(=O)CCCCCCCCC(C)C. The topological polar surface area (TPSA) is 237 Å². The van der Waals surface area contributed by atoms with Gasteiger partial charge in [-0.15, -0.1) is 0 Å².